The smallest absolute Gasteiger partial charge is 0.232 e. The van der Waals surface area contributed by atoms with Crippen molar-refractivity contribution in [2.24, 2.45) is 5.92 Å². The topological polar surface area (TPSA) is 58.2 Å². The van der Waals surface area contributed by atoms with Crippen LogP contribution >= 0.6 is 0 Å². The van der Waals surface area contributed by atoms with E-state index in [0.717, 1.165) is 12.1 Å². The molecule has 1 aromatic rings. The molecule has 4 nitrogen and oxygen atoms in total. The summed E-state index contributed by atoms with van der Waals surface area (Å²) in [5, 5.41) is 3.04. The minimum atomic E-state index is -3.22. The van der Waals surface area contributed by atoms with Crippen LogP contribution in [0.2, 0.25) is 0 Å². The molecular weight excluding hydrogens is 236 g/mol. The molecule has 0 aromatic heterocycles. The predicted octanol–water partition coefficient (Wildman–Crippen LogP) is 1.80. The first-order valence-electron chi connectivity index (χ1n) is 5.67. The van der Waals surface area contributed by atoms with Crippen molar-refractivity contribution in [1.29, 1.82) is 0 Å². The third kappa shape index (κ3) is 5.19. The van der Waals surface area contributed by atoms with E-state index in [9.17, 15) is 8.42 Å². The summed E-state index contributed by atoms with van der Waals surface area (Å²) >= 11 is 0. The lowest BCUT2D eigenvalue weighted by molar-refractivity contribution is 0.587. The molecule has 0 saturated heterocycles. The zero-order valence-corrected chi connectivity index (χ0v) is 11.3. The van der Waals surface area contributed by atoms with Crippen LogP contribution in [0.5, 0.6) is 0 Å². The van der Waals surface area contributed by atoms with Crippen LogP contribution in [0.25, 0.3) is 0 Å². The molecule has 0 fully saturated rings. The molecule has 0 spiro atoms. The number of sulfonamides is 1. The lowest BCUT2D eigenvalue weighted by Gasteiger charge is -2.10. The van der Waals surface area contributed by atoms with Crippen LogP contribution in [0.4, 0.5) is 5.69 Å². The van der Waals surface area contributed by atoms with Gasteiger partial charge in [0.2, 0.25) is 10.0 Å². The van der Waals surface area contributed by atoms with Gasteiger partial charge in [-0.3, -0.25) is 4.72 Å². The maximum Gasteiger partial charge on any atom is 0.232 e. The summed E-state index contributed by atoms with van der Waals surface area (Å²) < 4.78 is 26.0. The van der Waals surface area contributed by atoms with Crippen LogP contribution in [-0.4, -0.2) is 21.2 Å². The van der Waals surface area contributed by atoms with Gasteiger partial charge in [-0.2, -0.15) is 0 Å². The van der Waals surface area contributed by atoms with Gasteiger partial charge in [0.1, 0.15) is 0 Å². The highest BCUT2D eigenvalue weighted by molar-refractivity contribution is 7.92. The number of anilines is 1. The van der Waals surface area contributed by atoms with Crippen molar-refractivity contribution in [3.05, 3.63) is 29.8 Å². The fourth-order valence-electron chi connectivity index (χ4n) is 1.55. The fraction of sp³-hybridized carbons (Fsp3) is 0.500. The Morgan fingerprint density at radius 1 is 1.18 bits per heavy atom. The summed E-state index contributed by atoms with van der Waals surface area (Å²) in [5.74, 6) is 0.265. The summed E-state index contributed by atoms with van der Waals surface area (Å²) in [6, 6.07) is 7.38. The Bertz CT molecular complexity index is 438. The van der Waals surface area contributed by atoms with Gasteiger partial charge < -0.3 is 5.32 Å². The fourth-order valence-corrected chi connectivity index (χ4v) is 3.01. The third-order valence-electron chi connectivity index (χ3n) is 2.16. The zero-order chi connectivity index (χ0) is 12.9. The first-order chi connectivity index (χ1) is 7.93. The summed E-state index contributed by atoms with van der Waals surface area (Å²) in [4.78, 5) is 0. The molecule has 1 rings (SSSR count). The van der Waals surface area contributed by atoms with Crippen molar-refractivity contribution >= 4 is 15.7 Å². The van der Waals surface area contributed by atoms with Gasteiger partial charge in [0, 0.05) is 12.2 Å². The average Bonchev–Trinajstić information content (AvgIpc) is 2.18. The third-order valence-corrected chi connectivity index (χ3v) is 3.81. The van der Waals surface area contributed by atoms with Gasteiger partial charge in [-0.15, -0.1) is 0 Å². The Balaban J connectivity index is 2.69. The van der Waals surface area contributed by atoms with Crippen molar-refractivity contribution in [1.82, 2.24) is 5.32 Å². The Hall–Kier alpha value is -1.07. The average molecular weight is 256 g/mol. The molecule has 5 heteroatoms. The molecule has 0 saturated carbocycles. The van der Waals surface area contributed by atoms with Crippen molar-refractivity contribution in [3.8, 4) is 0 Å². The quantitative estimate of drug-likeness (QED) is 0.816. The van der Waals surface area contributed by atoms with E-state index < -0.39 is 10.0 Å². The second-order valence-corrected chi connectivity index (χ2v) is 6.27. The highest BCUT2D eigenvalue weighted by Gasteiger charge is 2.12. The minimum absolute atomic E-state index is 0.121. The number of hydrogen-bond acceptors (Lipinski definition) is 3. The van der Waals surface area contributed by atoms with Crippen LogP contribution in [0.3, 0.4) is 0 Å². The van der Waals surface area contributed by atoms with E-state index in [-0.39, 0.29) is 11.7 Å². The van der Waals surface area contributed by atoms with Gasteiger partial charge in [0.25, 0.3) is 0 Å². The summed E-state index contributed by atoms with van der Waals surface area (Å²) in [6.45, 7) is 4.55. The number of benzene rings is 1. The predicted molar refractivity (Wildman–Crippen MR) is 71.5 cm³/mol. The molecule has 17 heavy (non-hydrogen) atoms. The molecule has 0 aliphatic rings. The Labute approximate surface area is 103 Å². The molecule has 96 valence electrons. The minimum Gasteiger partial charge on any atom is -0.316 e. The molecule has 1 aromatic carbocycles. The van der Waals surface area contributed by atoms with Crippen molar-refractivity contribution in [2.75, 3.05) is 17.5 Å². The summed E-state index contributed by atoms with van der Waals surface area (Å²) in [7, 11) is -1.35. The highest BCUT2D eigenvalue weighted by atomic mass is 32.2. The van der Waals surface area contributed by atoms with E-state index >= 15 is 0 Å². The van der Waals surface area contributed by atoms with E-state index in [1.54, 1.807) is 12.1 Å². The Morgan fingerprint density at radius 2 is 1.76 bits per heavy atom. The maximum absolute atomic E-state index is 11.7. The lowest BCUT2D eigenvalue weighted by atomic mass is 10.2. The number of nitrogens with one attached hydrogen (secondary N) is 2. The second kappa shape index (κ2) is 6.02. The van der Waals surface area contributed by atoms with Gasteiger partial charge in [-0.1, -0.05) is 26.0 Å². The second-order valence-electron chi connectivity index (χ2n) is 4.50. The normalized spacial score (nSPS) is 11.8. The van der Waals surface area contributed by atoms with Gasteiger partial charge in [-0.25, -0.2) is 8.42 Å². The zero-order valence-electron chi connectivity index (χ0n) is 10.5. The summed E-state index contributed by atoms with van der Waals surface area (Å²) in [6.07, 6.45) is 0. The first kappa shape index (κ1) is 14.0. The summed E-state index contributed by atoms with van der Waals surface area (Å²) in [5.41, 5.74) is 1.74. The van der Waals surface area contributed by atoms with Crippen LogP contribution in [-0.2, 0) is 16.6 Å². The monoisotopic (exact) mass is 256 g/mol. The van der Waals surface area contributed by atoms with Crippen LogP contribution < -0.4 is 10.0 Å². The molecule has 0 aliphatic carbocycles. The Kier molecular flexibility index (Phi) is 4.96. The van der Waals surface area contributed by atoms with Gasteiger partial charge in [0.15, 0.2) is 0 Å². The van der Waals surface area contributed by atoms with E-state index in [4.69, 9.17) is 0 Å². The first-order valence-corrected chi connectivity index (χ1v) is 7.32. The SMILES string of the molecule is CNCc1ccc(NS(=O)(=O)CC(C)C)cc1. The molecule has 0 bridgehead atoms. The number of hydrogen-bond donors (Lipinski definition) is 2. The van der Waals surface area contributed by atoms with Gasteiger partial charge in [0.05, 0.1) is 5.75 Å². The van der Waals surface area contributed by atoms with Crippen molar-refractivity contribution in [3.63, 3.8) is 0 Å². The highest BCUT2D eigenvalue weighted by Crippen LogP contribution is 2.12. The van der Waals surface area contributed by atoms with E-state index in [1.807, 2.05) is 33.0 Å². The Morgan fingerprint density at radius 3 is 2.24 bits per heavy atom. The molecule has 0 atom stereocenters. The van der Waals surface area contributed by atoms with E-state index in [2.05, 4.69) is 10.0 Å². The maximum atomic E-state index is 11.7. The molecule has 0 unspecified atom stereocenters. The van der Waals surface area contributed by atoms with Crippen LogP contribution in [0, 0.1) is 5.92 Å². The standard InChI is InChI=1S/C12H20N2O2S/c1-10(2)9-17(15,16)14-12-6-4-11(5-7-12)8-13-3/h4-7,10,13-14H,8-9H2,1-3H3. The lowest BCUT2D eigenvalue weighted by Crippen LogP contribution is -2.20. The molecule has 0 heterocycles. The van der Waals surface area contributed by atoms with Gasteiger partial charge >= 0.3 is 0 Å². The van der Waals surface area contributed by atoms with E-state index in [1.165, 1.54) is 0 Å². The van der Waals surface area contributed by atoms with E-state index in [0.29, 0.717) is 5.69 Å². The molecular formula is C12H20N2O2S. The molecule has 2 N–H and O–H groups in total. The largest absolute Gasteiger partial charge is 0.316 e. The molecule has 0 radical (unpaired) electrons. The molecule has 0 amide bonds. The molecule has 0 aliphatic heterocycles. The van der Waals surface area contributed by atoms with Crippen molar-refractivity contribution in [2.45, 2.75) is 20.4 Å². The van der Waals surface area contributed by atoms with Crippen LogP contribution in [0.1, 0.15) is 19.4 Å². The number of rotatable bonds is 6. The van der Waals surface area contributed by atoms with Gasteiger partial charge in [-0.05, 0) is 30.7 Å². The van der Waals surface area contributed by atoms with Crippen molar-refractivity contribution < 1.29 is 8.42 Å². The van der Waals surface area contributed by atoms with Crippen LogP contribution in [0.15, 0.2) is 24.3 Å².